The van der Waals surface area contributed by atoms with Crippen molar-refractivity contribution in [3.8, 4) is 0 Å². The number of hydrogen-bond donors (Lipinski definition) is 1. The van der Waals surface area contributed by atoms with Crippen LogP contribution < -0.4 is 0 Å². The number of aryl methyl sites for hydroxylation is 2. The lowest BCUT2D eigenvalue weighted by atomic mass is 9.91. The van der Waals surface area contributed by atoms with Gasteiger partial charge in [-0.25, -0.2) is 0 Å². The van der Waals surface area contributed by atoms with E-state index < -0.39 is 5.60 Å². The van der Waals surface area contributed by atoms with Gasteiger partial charge in [0.05, 0.1) is 22.0 Å². The third kappa shape index (κ3) is 3.42. The van der Waals surface area contributed by atoms with Gasteiger partial charge < -0.3 is 5.11 Å². The molecule has 0 amide bonds. The first kappa shape index (κ1) is 16.3. The second kappa shape index (κ2) is 6.39. The summed E-state index contributed by atoms with van der Waals surface area (Å²) < 4.78 is 1.87. The first-order valence-electron chi connectivity index (χ1n) is 7.11. The average molecular weight is 327 g/mol. The Hall–Kier alpha value is -1.03. The van der Waals surface area contributed by atoms with Crippen LogP contribution in [0, 0.1) is 0 Å². The van der Waals surface area contributed by atoms with Gasteiger partial charge in [0.25, 0.3) is 0 Å². The number of aromatic nitrogens is 2. The topological polar surface area (TPSA) is 38.0 Å². The maximum absolute atomic E-state index is 10.8. The Morgan fingerprint density at radius 3 is 2.33 bits per heavy atom. The molecule has 0 fully saturated rings. The van der Waals surface area contributed by atoms with Crippen molar-refractivity contribution < 1.29 is 5.11 Å². The van der Waals surface area contributed by atoms with Gasteiger partial charge in [0.15, 0.2) is 0 Å². The van der Waals surface area contributed by atoms with Crippen LogP contribution in [-0.2, 0) is 25.0 Å². The SMILES string of the molecule is CCc1nn(CC)c(CC(C)(O)c2ccc(Cl)cc2)c1Cl. The van der Waals surface area contributed by atoms with Crippen LogP contribution in [-0.4, -0.2) is 14.9 Å². The Morgan fingerprint density at radius 2 is 1.81 bits per heavy atom. The molecule has 0 aliphatic carbocycles. The Morgan fingerprint density at radius 1 is 1.19 bits per heavy atom. The number of hydrogen-bond acceptors (Lipinski definition) is 2. The summed E-state index contributed by atoms with van der Waals surface area (Å²) in [4.78, 5) is 0. The molecule has 1 heterocycles. The fourth-order valence-corrected chi connectivity index (χ4v) is 2.89. The Bertz CT molecular complexity index is 618. The summed E-state index contributed by atoms with van der Waals surface area (Å²) in [5, 5.41) is 16.6. The van der Waals surface area contributed by atoms with Gasteiger partial charge in [-0.15, -0.1) is 0 Å². The van der Waals surface area contributed by atoms with E-state index in [4.69, 9.17) is 23.2 Å². The highest BCUT2D eigenvalue weighted by Gasteiger charge is 2.28. The van der Waals surface area contributed by atoms with Crippen LogP contribution in [0.1, 0.15) is 37.7 Å². The van der Waals surface area contributed by atoms with Crippen molar-refractivity contribution in [2.24, 2.45) is 0 Å². The zero-order valence-corrected chi connectivity index (χ0v) is 14.0. The van der Waals surface area contributed by atoms with E-state index in [1.54, 1.807) is 19.1 Å². The highest BCUT2D eigenvalue weighted by Crippen LogP contribution is 2.31. The van der Waals surface area contributed by atoms with Gasteiger partial charge in [-0.05, 0) is 38.0 Å². The third-order valence-corrected chi connectivity index (χ3v) is 4.36. The van der Waals surface area contributed by atoms with Crippen LogP contribution in [0.2, 0.25) is 10.0 Å². The molecule has 1 N–H and O–H groups in total. The molecule has 3 nitrogen and oxygen atoms in total. The molecule has 0 saturated carbocycles. The minimum Gasteiger partial charge on any atom is -0.385 e. The lowest BCUT2D eigenvalue weighted by Crippen LogP contribution is -2.26. The summed E-state index contributed by atoms with van der Waals surface area (Å²) in [5.74, 6) is 0. The molecule has 0 aliphatic heterocycles. The molecule has 0 bridgehead atoms. The molecule has 1 aromatic carbocycles. The van der Waals surface area contributed by atoms with Gasteiger partial charge in [0.2, 0.25) is 0 Å². The zero-order valence-electron chi connectivity index (χ0n) is 12.5. The Balaban J connectivity index is 2.36. The zero-order chi connectivity index (χ0) is 15.6. The lowest BCUT2D eigenvalue weighted by Gasteiger charge is -2.24. The molecule has 1 unspecified atom stereocenters. The maximum atomic E-state index is 10.8. The smallest absolute Gasteiger partial charge is 0.0924 e. The van der Waals surface area contributed by atoms with E-state index in [-0.39, 0.29) is 0 Å². The van der Waals surface area contributed by atoms with Crippen molar-refractivity contribution in [2.45, 2.75) is 45.8 Å². The van der Waals surface area contributed by atoms with Gasteiger partial charge in [0, 0.05) is 18.0 Å². The van der Waals surface area contributed by atoms with Gasteiger partial charge in [-0.1, -0.05) is 42.3 Å². The molecule has 114 valence electrons. The summed E-state index contributed by atoms with van der Waals surface area (Å²) in [5.41, 5.74) is 1.54. The first-order valence-corrected chi connectivity index (χ1v) is 7.87. The molecule has 0 aliphatic rings. The van der Waals surface area contributed by atoms with Crippen molar-refractivity contribution in [2.75, 3.05) is 0 Å². The molecular formula is C16H20Cl2N2O. The number of rotatable bonds is 5. The number of halogens is 2. The van der Waals surface area contributed by atoms with Gasteiger partial charge >= 0.3 is 0 Å². The van der Waals surface area contributed by atoms with Crippen molar-refractivity contribution in [1.82, 2.24) is 9.78 Å². The van der Waals surface area contributed by atoms with E-state index in [1.165, 1.54) is 0 Å². The van der Waals surface area contributed by atoms with Crippen molar-refractivity contribution in [1.29, 1.82) is 0 Å². The van der Waals surface area contributed by atoms with E-state index >= 15 is 0 Å². The van der Waals surface area contributed by atoms with Crippen LogP contribution in [0.3, 0.4) is 0 Å². The molecule has 5 heteroatoms. The van der Waals surface area contributed by atoms with Crippen molar-refractivity contribution in [3.63, 3.8) is 0 Å². The molecular weight excluding hydrogens is 307 g/mol. The van der Waals surface area contributed by atoms with Crippen LogP contribution in [0.25, 0.3) is 0 Å². The molecule has 2 aromatic rings. The van der Waals surface area contributed by atoms with E-state index in [0.717, 1.165) is 29.9 Å². The summed E-state index contributed by atoms with van der Waals surface area (Å²) in [6.45, 7) is 6.55. The fourth-order valence-electron chi connectivity index (χ4n) is 2.42. The second-order valence-corrected chi connectivity index (χ2v) is 6.15. The van der Waals surface area contributed by atoms with E-state index in [9.17, 15) is 5.11 Å². The van der Waals surface area contributed by atoms with Gasteiger partial charge in [-0.2, -0.15) is 5.10 Å². The molecule has 0 spiro atoms. The first-order chi connectivity index (χ1) is 9.89. The van der Waals surface area contributed by atoms with Crippen LogP contribution >= 0.6 is 23.2 Å². The number of aliphatic hydroxyl groups is 1. The molecule has 2 rings (SSSR count). The normalized spacial score (nSPS) is 14.2. The molecule has 1 aromatic heterocycles. The highest BCUT2D eigenvalue weighted by atomic mass is 35.5. The fraction of sp³-hybridized carbons (Fsp3) is 0.438. The molecule has 0 saturated heterocycles. The van der Waals surface area contributed by atoms with E-state index in [0.29, 0.717) is 16.5 Å². The predicted octanol–water partition coefficient (Wildman–Crippen LogP) is 4.22. The second-order valence-electron chi connectivity index (χ2n) is 5.33. The predicted molar refractivity (Wildman–Crippen MR) is 87.0 cm³/mol. The average Bonchev–Trinajstić information content (AvgIpc) is 2.75. The Kier molecular flexibility index (Phi) is 4.97. The quantitative estimate of drug-likeness (QED) is 0.893. The van der Waals surface area contributed by atoms with Crippen LogP contribution in [0.5, 0.6) is 0 Å². The van der Waals surface area contributed by atoms with Crippen LogP contribution in [0.4, 0.5) is 0 Å². The minimum absolute atomic E-state index is 0.411. The monoisotopic (exact) mass is 326 g/mol. The molecule has 21 heavy (non-hydrogen) atoms. The number of benzene rings is 1. The standard InChI is InChI=1S/C16H20Cl2N2O/c1-4-13-15(18)14(20(5-2)19-13)10-16(3,21)11-6-8-12(17)9-7-11/h6-9,21H,4-5,10H2,1-3H3. The van der Waals surface area contributed by atoms with Gasteiger partial charge in [-0.3, -0.25) is 4.68 Å². The Labute approximate surface area is 135 Å². The molecule has 1 atom stereocenters. The largest absolute Gasteiger partial charge is 0.385 e. The summed E-state index contributed by atoms with van der Waals surface area (Å²) in [6, 6.07) is 7.23. The summed E-state index contributed by atoms with van der Waals surface area (Å²) in [6.07, 6.45) is 1.19. The summed E-state index contributed by atoms with van der Waals surface area (Å²) in [7, 11) is 0. The minimum atomic E-state index is -1.02. The van der Waals surface area contributed by atoms with Crippen LogP contribution in [0.15, 0.2) is 24.3 Å². The third-order valence-electron chi connectivity index (χ3n) is 3.67. The maximum Gasteiger partial charge on any atom is 0.0924 e. The van der Waals surface area contributed by atoms with Crippen molar-refractivity contribution in [3.05, 3.63) is 51.3 Å². The summed E-state index contributed by atoms with van der Waals surface area (Å²) >= 11 is 12.3. The lowest BCUT2D eigenvalue weighted by molar-refractivity contribution is 0.0554. The highest BCUT2D eigenvalue weighted by molar-refractivity contribution is 6.32. The van der Waals surface area contributed by atoms with Crippen molar-refractivity contribution >= 4 is 23.2 Å². The van der Waals surface area contributed by atoms with E-state index in [2.05, 4.69) is 5.10 Å². The van der Waals surface area contributed by atoms with E-state index in [1.807, 2.05) is 30.7 Å². The number of nitrogens with zero attached hydrogens (tertiary/aromatic N) is 2. The molecule has 0 radical (unpaired) electrons. The van der Waals surface area contributed by atoms with Gasteiger partial charge in [0.1, 0.15) is 0 Å².